The molecule has 3 amide bonds. The lowest BCUT2D eigenvalue weighted by molar-refractivity contribution is -0.115. The second-order valence-corrected chi connectivity index (χ2v) is 11.8. The summed E-state index contributed by atoms with van der Waals surface area (Å²) in [4.78, 5) is 51.9. The van der Waals surface area contributed by atoms with Gasteiger partial charge in [-0.3, -0.25) is 14.4 Å². The first-order valence-corrected chi connectivity index (χ1v) is 15.5. The summed E-state index contributed by atoms with van der Waals surface area (Å²) in [6, 6.07) is 23.2. The number of thioether (sulfide) groups is 1. The van der Waals surface area contributed by atoms with Gasteiger partial charge in [0.25, 0.3) is 11.8 Å². The van der Waals surface area contributed by atoms with Gasteiger partial charge in [0.15, 0.2) is 11.5 Å². The van der Waals surface area contributed by atoms with Gasteiger partial charge in [-0.25, -0.2) is 4.79 Å². The molecule has 4 aromatic rings. The van der Waals surface area contributed by atoms with Gasteiger partial charge in [0.1, 0.15) is 5.70 Å². The quantitative estimate of drug-likeness (QED) is 0.0957. The number of methoxy groups -OCH3 is 3. The molecule has 0 aromatic heterocycles. The molecule has 0 spiro atoms. The lowest BCUT2D eigenvalue weighted by atomic mass is 10.1. The van der Waals surface area contributed by atoms with Crippen LogP contribution >= 0.6 is 11.8 Å². The zero-order valence-corrected chi connectivity index (χ0v) is 27.8. The van der Waals surface area contributed by atoms with Gasteiger partial charge >= 0.3 is 5.97 Å². The SMILES string of the molecule is COc1cc(/C=C(/NC(=O)c2ccccc2)C(=O)Nc2cccc(SC(C)C(=O)Nc3cc(C(=O)O)ccc3C)c2)cc(OC)c1OC. The van der Waals surface area contributed by atoms with Crippen LogP contribution in [0.4, 0.5) is 11.4 Å². The summed E-state index contributed by atoms with van der Waals surface area (Å²) < 4.78 is 16.3. The van der Waals surface area contributed by atoms with E-state index in [1.54, 1.807) is 86.6 Å². The molecule has 0 heterocycles. The van der Waals surface area contributed by atoms with Crippen molar-refractivity contribution in [1.82, 2.24) is 5.32 Å². The highest BCUT2D eigenvalue weighted by Crippen LogP contribution is 2.38. The summed E-state index contributed by atoms with van der Waals surface area (Å²) >= 11 is 1.26. The highest BCUT2D eigenvalue weighted by atomic mass is 32.2. The van der Waals surface area contributed by atoms with Gasteiger partial charge in [0.05, 0.1) is 32.1 Å². The second kappa shape index (κ2) is 16.2. The molecule has 48 heavy (non-hydrogen) atoms. The van der Waals surface area contributed by atoms with Crippen LogP contribution < -0.4 is 30.2 Å². The van der Waals surface area contributed by atoms with Crippen molar-refractivity contribution in [2.45, 2.75) is 24.0 Å². The molecule has 0 bridgehead atoms. The third kappa shape index (κ3) is 8.95. The van der Waals surface area contributed by atoms with Crippen LogP contribution in [0.25, 0.3) is 6.08 Å². The van der Waals surface area contributed by atoms with Gasteiger partial charge in [-0.2, -0.15) is 0 Å². The van der Waals surface area contributed by atoms with E-state index in [9.17, 15) is 24.3 Å². The predicted molar refractivity (Wildman–Crippen MR) is 185 cm³/mol. The average molecular weight is 670 g/mol. The van der Waals surface area contributed by atoms with Crippen molar-refractivity contribution in [2.24, 2.45) is 0 Å². The largest absolute Gasteiger partial charge is 0.493 e. The van der Waals surface area contributed by atoms with E-state index >= 15 is 0 Å². The van der Waals surface area contributed by atoms with E-state index in [2.05, 4.69) is 16.0 Å². The fourth-order valence-electron chi connectivity index (χ4n) is 4.52. The van der Waals surface area contributed by atoms with Crippen LogP contribution in [0.15, 0.2) is 95.5 Å². The molecule has 4 rings (SSSR count). The molecule has 4 N–H and O–H groups in total. The van der Waals surface area contributed by atoms with Gasteiger partial charge < -0.3 is 35.3 Å². The van der Waals surface area contributed by atoms with Crippen LogP contribution in [0.3, 0.4) is 0 Å². The number of carboxylic acid groups (broad SMARTS) is 1. The van der Waals surface area contributed by atoms with E-state index in [4.69, 9.17) is 14.2 Å². The Labute approximate surface area is 282 Å². The van der Waals surface area contributed by atoms with Crippen molar-refractivity contribution in [2.75, 3.05) is 32.0 Å². The van der Waals surface area contributed by atoms with Crippen LogP contribution in [-0.2, 0) is 9.59 Å². The van der Waals surface area contributed by atoms with E-state index in [0.29, 0.717) is 44.6 Å². The summed E-state index contributed by atoms with van der Waals surface area (Å²) in [6.45, 7) is 3.50. The molecule has 11 nitrogen and oxygen atoms in total. The minimum atomic E-state index is -1.09. The van der Waals surface area contributed by atoms with Crippen molar-refractivity contribution >= 4 is 52.9 Å². The monoisotopic (exact) mass is 669 g/mol. The average Bonchev–Trinajstić information content (AvgIpc) is 3.08. The molecular weight excluding hydrogens is 634 g/mol. The van der Waals surface area contributed by atoms with Gasteiger partial charge in [-0.15, -0.1) is 11.8 Å². The molecule has 0 saturated heterocycles. The van der Waals surface area contributed by atoms with E-state index < -0.39 is 23.0 Å². The smallest absolute Gasteiger partial charge is 0.335 e. The van der Waals surface area contributed by atoms with Crippen molar-refractivity contribution in [3.05, 3.63) is 113 Å². The Balaban J connectivity index is 1.56. The number of aromatic carboxylic acids is 1. The van der Waals surface area contributed by atoms with Crippen LogP contribution in [0, 0.1) is 6.92 Å². The fourth-order valence-corrected chi connectivity index (χ4v) is 5.45. The zero-order valence-electron chi connectivity index (χ0n) is 27.0. The lowest BCUT2D eigenvalue weighted by Crippen LogP contribution is -2.30. The number of rotatable bonds is 13. The number of carboxylic acids is 1. The number of aryl methyl sites for hydroxylation is 1. The van der Waals surface area contributed by atoms with Crippen molar-refractivity contribution < 1.29 is 38.5 Å². The first kappa shape index (κ1) is 35.1. The molecule has 248 valence electrons. The second-order valence-electron chi connectivity index (χ2n) is 10.4. The Kier molecular flexibility index (Phi) is 11.8. The summed E-state index contributed by atoms with van der Waals surface area (Å²) in [5, 5.41) is 17.1. The molecule has 0 aliphatic rings. The van der Waals surface area contributed by atoms with Crippen LogP contribution in [-0.4, -0.2) is 55.4 Å². The Morgan fingerprint density at radius 1 is 0.792 bits per heavy atom. The molecule has 0 radical (unpaired) electrons. The highest BCUT2D eigenvalue weighted by molar-refractivity contribution is 8.00. The summed E-state index contributed by atoms with van der Waals surface area (Å²) in [7, 11) is 4.43. The topological polar surface area (TPSA) is 152 Å². The Bertz CT molecular complexity index is 1830. The number of carbonyl (C=O) groups is 4. The predicted octanol–water partition coefficient (Wildman–Crippen LogP) is 6.25. The fraction of sp³-hybridized carbons (Fsp3) is 0.167. The first-order chi connectivity index (χ1) is 23.0. The maximum absolute atomic E-state index is 13.7. The van der Waals surface area contributed by atoms with E-state index in [1.165, 1.54) is 51.3 Å². The number of anilines is 2. The third-order valence-corrected chi connectivity index (χ3v) is 8.14. The van der Waals surface area contributed by atoms with Gasteiger partial charge in [0.2, 0.25) is 11.7 Å². The Hall–Kier alpha value is -5.75. The minimum Gasteiger partial charge on any atom is -0.493 e. The van der Waals surface area contributed by atoms with Gasteiger partial charge in [-0.1, -0.05) is 30.3 Å². The molecular formula is C36H35N3O8S. The summed E-state index contributed by atoms with van der Waals surface area (Å²) in [5.74, 6) is -1.40. The Morgan fingerprint density at radius 2 is 1.48 bits per heavy atom. The number of ether oxygens (including phenoxy) is 3. The molecule has 4 aromatic carbocycles. The zero-order chi connectivity index (χ0) is 34.8. The highest BCUT2D eigenvalue weighted by Gasteiger charge is 2.20. The number of hydrogen-bond acceptors (Lipinski definition) is 8. The maximum atomic E-state index is 13.7. The molecule has 1 unspecified atom stereocenters. The molecule has 12 heteroatoms. The number of hydrogen-bond donors (Lipinski definition) is 4. The number of nitrogens with one attached hydrogen (secondary N) is 3. The van der Waals surface area contributed by atoms with E-state index in [-0.39, 0.29) is 17.2 Å². The van der Waals surface area contributed by atoms with Gasteiger partial charge in [0, 0.05) is 21.8 Å². The number of carbonyl (C=O) groups excluding carboxylic acids is 3. The number of benzene rings is 4. The van der Waals surface area contributed by atoms with Crippen molar-refractivity contribution in [3.63, 3.8) is 0 Å². The summed E-state index contributed by atoms with van der Waals surface area (Å²) in [5.41, 5.74) is 2.43. The maximum Gasteiger partial charge on any atom is 0.335 e. The van der Waals surface area contributed by atoms with E-state index in [0.717, 1.165) is 5.56 Å². The minimum absolute atomic E-state index is 0.0529. The Morgan fingerprint density at radius 3 is 2.10 bits per heavy atom. The van der Waals surface area contributed by atoms with Gasteiger partial charge in [-0.05, 0) is 85.6 Å². The van der Waals surface area contributed by atoms with E-state index in [1.807, 2.05) is 0 Å². The molecule has 0 saturated carbocycles. The molecule has 1 atom stereocenters. The lowest BCUT2D eigenvalue weighted by Gasteiger charge is -2.16. The van der Waals surface area contributed by atoms with Crippen molar-refractivity contribution in [1.29, 1.82) is 0 Å². The van der Waals surface area contributed by atoms with Crippen LogP contribution in [0.5, 0.6) is 17.2 Å². The van der Waals surface area contributed by atoms with Crippen LogP contribution in [0.2, 0.25) is 0 Å². The number of amides is 3. The van der Waals surface area contributed by atoms with Crippen molar-refractivity contribution in [3.8, 4) is 17.2 Å². The molecule has 0 fully saturated rings. The molecule has 0 aliphatic heterocycles. The third-order valence-electron chi connectivity index (χ3n) is 7.04. The molecule has 0 aliphatic carbocycles. The van der Waals surface area contributed by atoms with Crippen LogP contribution in [0.1, 0.15) is 38.8 Å². The first-order valence-electron chi connectivity index (χ1n) is 14.6. The normalized spacial score (nSPS) is 11.6. The summed E-state index contributed by atoms with van der Waals surface area (Å²) in [6.07, 6.45) is 1.49. The standard InChI is InChI=1S/C36H35N3O8S/c1-21-14-15-25(36(43)44)19-28(21)38-33(40)22(2)48-27-13-9-12-26(20-27)37-35(42)29(39-34(41)24-10-7-6-8-11-24)16-23-17-30(45-3)32(47-5)31(18-23)46-4/h6-20,22H,1-5H3,(H,37,42)(H,38,40)(H,39,41)(H,43,44)/b29-16+.